The highest BCUT2D eigenvalue weighted by Gasteiger charge is 2.45. The highest BCUT2D eigenvalue weighted by atomic mass is 19.1. The van der Waals surface area contributed by atoms with Crippen LogP contribution in [0.4, 0.5) is 13.2 Å². The molecule has 1 amide bonds. The molecule has 3 atom stereocenters. The maximum atomic E-state index is 14.1. The van der Waals surface area contributed by atoms with Gasteiger partial charge in [-0.15, -0.1) is 0 Å². The molecular weight excluding hydrogens is 391 g/mol. The molecule has 1 aromatic carbocycles. The number of nitrogens with zero attached hydrogens (tertiary/aromatic N) is 1. The molecule has 1 aliphatic heterocycles. The van der Waals surface area contributed by atoms with Gasteiger partial charge in [0, 0.05) is 29.3 Å². The third kappa shape index (κ3) is 4.07. The van der Waals surface area contributed by atoms with Gasteiger partial charge in [0.25, 0.3) is 0 Å². The molecule has 1 fully saturated rings. The number of amides is 1. The van der Waals surface area contributed by atoms with Gasteiger partial charge in [-0.2, -0.15) is 0 Å². The second-order valence-corrected chi connectivity index (χ2v) is 8.99. The van der Waals surface area contributed by atoms with Crippen LogP contribution in [0.15, 0.2) is 35.5 Å². The molecule has 0 bridgehead atoms. The average molecular weight is 422 g/mol. The van der Waals surface area contributed by atoms with Crippen LogP contribution < -0.4 is 11.5 Å². The number of halogens is 3. The Hall–Kier alpha value is -2.44. The van der Waals surface area contributed by atoms with Crippen LogP contribution in [0, 0.1) is 28.9 Å². The third-order valence-electron chi connectivity index (χ3n) is 6.57. The van der Waals surface area contributed by atoms with Crippen molar-refractivity contribution in [3.8, 4) is 0 Å². The molecule has 0 aromatic heterocycles. The highest BCUT2D eigenvalue weighted by Crippen LogP contribution is 2.52. The fourth-order valence-electron chi connectivity index (χ4n) is 4.54. The van der Waals surface area contributed by atoms with E-state index >= 15 is 0 Å². The van der Waals surface area contributed by atoms with E-state index in [4.69, 9.17) is 11.5 Å². The lowest BCUT2D eigenvalue weighted by molar-refractivity contribution is -0.134. The Morgan fingerprint density at radius 3 is 2.53 bits per heavy atom. The first-order valence-corrected chi connectivity index (χ1v) is 10.4. The molecule has 164 valence electrons. The molecule has 4 N–H and O–H groups in total. The zero-order chi connectivity index (χ0) is 22.2. The van der Waals surface area contributed by atoms with Gasteiger partial charge in [0.1, 0.15) is 17.8 Å². The molecular formula is C23H30F3N3O. The number of likely N-dealkylation sites (tertiary alicyclic amines) is 1. The van der Waals surface area contributed by atoms with E-state index in [1.165, 1.54) is 6.07 Å². The summed E-state index contributed by atoms with van der Waals surface area (Å²) in [4.78, 5) is 14.2. The van der Waals surface area contributed by atoms with E-state index in [2.05, 4.69) is 0 Å². The predicted molar refractivity (Wildman–Crippen MR) is 111 cm³/mol. The molecule has 2 aliphatic rings. The van der Waals surface area contributed by atoms with Crippen LogP contribution >= 0.6 is 0 Å². The van der Waals surface area contributed by atoms with Gasteiger partial charge in [-0.1, -0.05) is 26.8 Å². The molecule has 0 radical (unpaired) electrons. The van der Waals surface area contributed by atoms with Gasteiger partial charge in [-0.25, -0.2) is 13.2 Å². The number of carbonyl (C=O) groups excluding carboxylic acids is 1. The summed E-state index contributed by atoms with van der Waals surface area (Å²) in [6.07, 6.45) is 2.29. The molecule has 0 saturated carbocycles. The third-order valence-corrected chi connectivity index (χ3v) is 6.57. The minimum atomic E-state index is -0.937. The number of benzene rings is 1. The summed E-state index contributed by atoms with van der Waals surface area (Å²) in [7, 11) is 0. The fraction of sp³-hybridized carbons (Fsp3) is 0.522. The van der Waals surface area contributed by atoms with Crippen molar-refractivity contribution in [3.05, 3.63) is 52.7 Å². The number of hydrogen-bond donors (Lipinski definition) is 2. The summed E-state index contributed by atoms with van der Waals surface area (Å²) in [5.74, 6) is -1.72. The summed E-state index contributed by atoms with van der Waals surface area (Å²) >= 11 is 0. The molecule has 3 rings (SSSR count). The van der Waals surface area contributed by atoms with Crippen LogP contribution in [0.5, 0.6) is 0 Å². The lowest BCUT2D eigenvalue weighted by Crippen LogP contribution is -2.43. The van der Waals surface area contributed by atoms with Gasteiger partial charge in [0.2, 0.25) is 5.91 Å². The Kier molecular flexibility index (Phi) is 6.20. The molecule has 1 aromatic rings. The van der Waals surface area contributed by atoms with E-state index in [9.17, 15) is 18.0 Å². The van der Waals surface area contributed by atoms with Crippen LogP contribution in [-0.2, 0) is 4.79 Å². The van der Waals surface area contributed by atoms with Crippen molar-refractivity contribution < 1.29 is 18.0 Å². The second kappa shape index (κ2) is 8.36. The maximum absolute atomic E-state index is 14.1. The van der Waals surface area contributed by atoms with Crippen LogP contribution in [0.3, 0.4) is 0 Å². The fourth-order valence-corrected chi connectivity index (χ4v) is 4.54. The number of allylic oxidation sites excluding steroid dienone is 3. The van der Waals surface area contributed by atoms with Crippen LogP contribution in [0.2, 0.25) is 0 Å². The number of carbonyl (C=O) groups is 1. The van der Waals surface area contributed by atoms with E-state index in [-0.39, 0.29) is 41.0 Å². The minimum absolute atomic E-state index is 0.00800. The standard InChI is InChI=1S/C23H30F3N3O/c1-13(22(30)29-10-9-14(24)12-29)7-8-16-15(21(28)23(16,2)3)11-19(27)20-17(25)5-4-6-18(20)26/h4-6,11,13-14,16H,7-10,12,27-28H2,1-3H3/b19-11-. The summed E-state index contributed by atoms with van der Waals surface area (Å²) in [5.41, 5.74) is 13.1. The van der Waals surface area contributed by atoms with E-state index in [0.29, 0.717) is 31.5 Å². The van der Waals surface area contributed by atoms with Crippen molar-refractivity contribution in [1.82, 2.24) is 4.90 Å². The summed E-state index contributed by atoms with van der Waals surface area (Å²) in [6.45, 7) is 6.50. The van der Waals surface area contributed by atoms with Crippen molar-refractivity contribution in [2.45, 2.75) is 46.2 Å². The molecule has 4 nitrogen and oxygen atoms in total. The Balaban J connectivity index is 1.73. The van der Waals surface area contributed by atoms with Gasteiger partial charge in [-0.3, -0.25) is 4.79 Å². The smallest absolute Gasteiger partial charge is 0.225 e. The van der Waals surface area contributed by atoms with Gasteiger partial charge in [0.15, 0.2) is 0 Å². The van der Waals surface area contributed by atoms with E-state index in [1.807, 2.05) is 20.8 Å². The van der Waals surface area contributed by atoms with Gasteiger partial charge >= 0.3 is 0 Å². The van der Waals surface area contributed by atoms with Gasteiger partial charge < -0.3 is 16.4 Å². The molecule has 1 aliphatic carbocycles. The van der Waals surface area contributed by atoms with Crippen LogP contribution in [0.1, 0.15) is 45.6 Å². The quantitative estimate of drug-likeness (QED) is 0.726. The summed E-state index contributed by atoms with van der Waals surface area (Å²) in [5, 5.41) is 0. The SMILES string of the molecule is CC(CCC1C(/C=C(\N)c2c(F)cccc2F)=C(N)C1(C)C)C(=O)N1CCC(F)C1. The molecule has 7 heteroatoms. The Morgan fingerprint density at radius 2 is 1.97 bits per heavy atom. The summed E-state index contributed by atoms with van der Waals surface area (Å²) < 4.78 is 41.5. The Bertz CT molecular complexity index is 873. The largest absolute Gasteiger partial charge is 0.401 e. The van der Waals surface area contributed by atoms with Crippen molar-refractivity contribution >= 4 is 11.6 Å². The monoisotopic (exact) mass is 421 g/mol. The van der Waals surface area contributed by atoms with Crippen molar-refractivity contribution in [2.75, 3.05) is 13.1 Å². The normalized spacial score (nSPS) is 24.7. The number of rotatable bonds is 6. The van der Waals surface area contributed by atoms with Gasteiger partial charge in [-0.05, 0) is 49.0 Å². The van der Waals surface area contributed by atoms with Crippen LogP contribution in [-0.4, -0.2) is 30.1 Å². The molecule has 3 unspecified atom stereocenters. The zero-order valence-corrected chi connectivity index (χ0v) is 17.7. The predicted octanol–water partition coefficient (Wildman–Crippen LogP) is 4.12. The minimum Gasteiger partial charge on any atom is -0.401 e. The topological polar surface area (TPSA) is 72.3 Å². The Morgan fingerprint density at radius 1 is 1.33 bits per heavy atom. The number of nitrogens with two attached hydrogens (primary N) is 2. The highest BCUT2D eigenvalue weighted by molar-refractivity contribution is 5.78. The van der Waals surface area contributed by atoms with E-state index < -0.39 is 17.8 Å². The van der Waals surface area contributed by atoms with Crippen molar-refractivity contribution in [1.29, 1.82) is 0 Å². The molecule has 0 spiro atoms. The van der Waals surface area contributed by atoms with Crippen molar-refractivity contribution in [3.63, 3.8) is 0 Å². The average Bonchev–Trinajstić information content (AvgIpc) is 3.12. The lowest BCUT2D eigenvalue weighted by Gasteiger charge is -2.47. The van der Waals surface area contributed by atoms with Gasteiger partial charge in [0.05, 0.1) is 12.1 Å². The van der Waals surface area contributed by atoms with E-state index in [1.54, 1.807) is 11.0 Å². The van der Waals surface area contributed by atoms with Crippen molar-refractivity contribution in [2.24, 2.45) is 28.7 Å². The first kappa shape index (κ1) is 22.2. The lowest BCUT2D eigenvalue weighted by atomic mass is 9.59. The van der Waals surface area contributed by atoms with Crippen LogP contribution in [0.25, 0.3) is 5.70 Å². The summed E-state index contributed by atoms with van der Waals surface area (Å²) in [6, 6.07) is 3.60. The number of hydrogen-bond acceptors (Lipinski definition) is 3. The molecule has 1 heterocycles. The first-order valence-electron chi connectivity index (χ1n) is 10.4. The molecule has 1 saturated heterocycles. The Labute approximate surface area is 175 Å². The maximum Gasteiger partial charge on any atom is 0.225 e. The molecule has 30 heavy (non-hydrogen) atoms. The number of alkyl halides is 1. The van der Waals surface area contributed by atoms with E-state index in [0.717, 1.165) is 17.7 Å². The zero-order valence-electron chi connectivity index (χ0n) is 17.7. The first-order chi connectivity index (χ1) is 14.0. The second-order valence-electron chi connectivity index (χ2n) is 8.99.